The molecule has 94 valence electrons. The average molecular weight is 261 g/mol. The van der Waals surface area contributed by atoms with E-state index in [9.17, 15) is 4.79 Å². The van der Waals surface area contributed by atoms with Gasteiger partial charge in [0.05, 0.1) is 17.1 Å². The lowest BCUT2D eigenvalue weighted by Gasteiger charge is -2.16. The summed E-state index contributed by atoms with van der Waals surface area (Å²) in [6.07, 6.45) is 0. The molecule has 0 aliphatic rings. The third-order valence-corrected chi connectivity index (χ3v) is 3.58. The van der Waals surface area contributed by atoms with Gasteiger partial charge in [0.15, 0.2) is 0 Å². The van der Waals surface area contributed by atoms with Gasteiger partial charge in [-0.3, -0.25) is 4.79 Å². The van der Waals surface area contributed by atoms with Crippen LogP contribution in [-0.4, -0.2) is 27.4 Å². The third-order valence-electron chi connectivity index (χ3n) is 2.77. The minimum atomic E-state index is 0.0165. The predicted molar refractivity (Wildman–Crippen MR) is 71.6 cm³/mol. The number of carbonyl (C=O) groups excluding carboxylic acids is 1. The molecule has 1 heterocycles. The summed E-state index contributed by atoms with van der Waals surface area (Å²) in [7, 11) is 1.79. The van der Waals surface area contributed by atoms with E-state index in [0.717, 1.165) is 16.1 Å². The number of benzene rings is 1. The van der Waals surface area contributed by atoms with Crippen LogP contribution in [0.25, 0.3) is 0 Å². The summed E-state index contributed by atoms with van der Waals surface area (Å²) in [6.45, 7) is 4.46. The number of hydrogen-bond donors (Lipinski definition) is 0. The minimum absolute atomic E-state index is 0.0165. The first-order valence-corrected chi connectivity index (χ1v) is 6.45. The summed E-state index contributed by atoms with van der Waals surface area (Å²) in [5.74, 6) is 0.0165. The van der Waals surface area contributed by atoms with E-state index < -0.39 is 0 Å². The summed E-state index contributed by atoms with van der Waals surface area (Å²) in [6, 6.07) is 7.60. The van der Waals surface area contributed by atoms with Crippen LogP contribution in [0.5, 0.6) is 0 Å². The maximum Gasteiger partial charge on any atom is 0.253 e. The molecular weight excluding hydrogens is 246 g/mol. The highest BCUT2D eigenvalue weighted by Crippen LogP contribution is 2.14. The molecule has 0 radical (unpaired) electrons. The molecule has 0 bridgehead atoms. The molecule has 1 aromatic heterocycles. The van der Waals surface area contributed by atoms with Gasteiger partial charge < -0.3 is 4.90 Å². The molecule has 0 aliphatic carbocycles. The number of nitrogens with zero attached hydrogens (tertiary/aromatic N) is 3. The molecule has 0 fully saturated rings. The fraction of sp³-hybridized carbons (Fsp3) is 0.308. The van der Waals surface area contributed by atoms with Crippen LogP contribution in [0.3, 0.4) is 0 Å². The van der Waals surface area contributed by atoms with Crippen molar-refractivity contribution in [1.29, 1.82) is 0 Å². The number of hydrogen-bond acceptors (Lipinski definition) is 4. The Morgan fingerprint density at radius 3 is 2.50 bits per heavy atom. The maximum absolute atomic E-state index is 12.2. The second-order valence-electron chi connectivity index (χ2n) is 4.31. The van der Waals surface area contributed by atoms with Crippen LogP contribution in [0.15, 0.2) is 24.3 Å². The van der Waals surface area contributed by atoms with Gasteiger partial charge in [-0.15, -0.1) is 5.10 Å². The molecule has 1 aromatic carbocycles. The standard InChI is InChI=1S/C13H15N3OS/c1-9-4-6-11(7-5-9)13(17)16(3)8-12-10(2)14-15-18-12/h4-7H,8H2,1-3H3. The summed E-state index contributed by atoms with van der Waals surface area (Å²) in [5, 5.41) is 3.94. The lowest BCUT2D eigenvalue weighted by atomic mass is 10.1. The molecule has 0 unspecified atom stereocenters. The summed E-state index contributed by atoms with van der Waals surface area (Å²) < 4.78 is 3.87. The molecule has 4 nitrogen and oxygen atoms in total. The van der Waals surface area contributed by atoms with Gasteiger partial charge in [-0.25, -0.2) is 0 Å². The summed E-state index contributed by atoms with van der Waals surface area (Å²) >= 11 is 1.34. The van der Waals surface area contributed by atoms with Crippen molar-refractivity contribution >= 4 is 17.4 Å². The van der Waals surface area contributed by atoms with E-state index in [2.05, 4.69) is 9.59 Å². The molecule has 18 heavy (non-hydrogen) atoms. The van der Waals surface area contributed by atoms with E-state index in [-0.39, 0.29) is 5.91 Å². The number of carbonyl (C=O) groups is 1. The Morgan fingerprint density at radius 2 is 1.94 bits per heavy atom. The second kappa shape index (κ2) is 5.27. The van der Waals surface area contributed by atoms with Gasteiger partial charge in [0.2, 0.25) is 0 Å². The normalized spacial score (nSPS) is 10.4. The lowest BCUT2D eigenvalue weighted by Crippen LogP contribution is -2.26. The zero-order valence-electron chi connectivity index (χ0n) is 10.7. The van der Waals surface area contributed by atoms with Crippen LogP contribution in [0.2, 0.25) is 0 Å². The van der Waals surface area contributed by atoms with Crippen molar-refractivity contribution in [3.8, 4) is 0 Å². The topological polar surface area (TPSA) is 46.1 Å². The highest BCUT2D eigenvalue weighted by Gasteiger charge is 2.14. The molecule has 2 aromatic rings. The highest BCUT2D eigenvalue weighted by molar-refractivity contribution is 7.05. The molecule has 0 aliphatic heterocycles. The quantitative estimate of drug-likeness (QED) is 0.852. The van der Waals surface area contributed by atoms with Gasteiger partial charge >= 0.3 is 0 Å². The van der Waals surface area contributed by atoms with Crippen molar-refractivity contribution in [2.75, 3.05) is 7.05 Å². The number of rotatable bonds is 3. The SMILES string of the molecule is Cc1ccc(C(=O)N(C)Cc2snnc2C)cc1. The van der Waals surface area contributed by atoms with Gasteiger partial charge in [-0.2, -0.15) is 0 Å². The van der Waals surface area contributed by atoms with E-state index in [1.54, 1.807) is 11.9 Å². The molecule has 0 saturated heterocycles. The Kier molecular flexibility index (Phi) is 3.72. The first-order valence-electron chi connectivity index (χ1n) is 5.68. The summed E-state index contributed by atoms with van der Waals surface area (Å²) in [4.78, 5) is 14.9. The van der Waals surface area contributed by atoms with Crippen molar-refractivity contribution in [1.82, 2.24) is 14.5 Å². The zero-order valence-corrected chi connectivity index (χ0v) is 11.5. The highest BCUT2D eigenvalue weighted by atomic mass is 32.1. The van der Waals surface area contributed by atoms with E-state index in [1.807, 2.05) is 38.1 Å². The first-order chi connectivity index (χ1) is 8.58. The fourth-order valence-corrected chi connectivity index (χ4v) is 2.29. The lowest BCUT2D eigenvalue weighted by molar-refractivity contribution is 0.0786. The molecule has 0 atom stereocenters. The van der Waals surface area contributed by atoms with Gasteiger partial charge in [0.1, 0.15) is 0 Å². The summed E-state index contributed by atoms with van der Waals surface area (Å²) in [5.41, 5.74) is 2.75. The van der Waals surface area contributed by atoms with Crippen LogP contribution in [0, 0.1) is 13.8 Å². The number of amides is 1. The largest absolute Gasteiger partial charge is 0.336 e. The molecule has 0 spiro atoms. The third kappa shape index (κ3) is 2.73. The van der Waals surface area contributed by atoms with E-state index >= 15 is 0 Å². The molecule has 1 amide bonds. The van der Waals surface area contributed by atoms with Crippen molar-refractivity contribution in [3.63, 3.8) is 0 Å². The molecule has 0 saturated carbocycles. The smallest absolute Gasteiger partial charge is 0.253 e. The fourth-order valence-electron chi connectivity index (χ4n) is 1.60. The Labute approximate surface area is 110 Å². The Morgan fingerprint density at radius 1 is 1.28 bits per heavy atom. The van der Waals surface area contributed by atoms with E-state index in [4.69, 9.17) is 0 Å². The van der Waals surface area contributed by atoms with E-state index in [0.29, 0.717) is 12.1 Å². The molecule has 5 heteroatoms. The van der Waals surface area contributed by atoms with E-state index in [1.165, 1.54) is 11.5 Å². The number of aryl methyl sites for hydroxylation is 2. The first kappa shape index (κ1) is 12.7. The Balaban J connectivity index is 2.09. The van der Waals surface area contributed by atoms with Crippen LogP contribution < -0.4 is 0 Å². The van der Waals surface area contributed by atoms with Gasteiger partial charge in [0.25, 0.3) is 5.91 Å². The van der Waals surface area contributed by atoms with Crippen LogP contribution in [-0.2, 0) is 6.54 Å². The van der Waals surface area contributed by atoms with Gasteiger partial charge in [-0.05, 0) is 37.5 Å². The van der Waals surface area contributed by atoms with Crippen molar-refractivity contribution in [2.24, 2.45) is 0 Å². The van der Waals surface area contributed by atoms with Gasteiger partial charge in [-0.1, -0.05) is 22.2 Å². The van der Waals surface area contributed by atoms with Crippen LogP contribution in [0.1, 0.15) is 26.5 Å². The van der Waals surface area contributed by atoms with Crippen molar-refractivity contribution in [3.05, 3.63) is 46.0 Å². The Bertz CT molecular complexity index is 548. The zero-order chi connectivity index (χ0) is 13.1. The monoisotopic (exact) mass is 261 g/mol. The average Bonchev–Trinajstić information content (AvgIpc) is 2.75. The van der Waals surface area contributed by atoms with Crippen molar-refractivity contribution in [2.45, 2.75) is 20.4 Å². The molecule has 2 rings (SSSR count). The van der Waals surface area contributed by atoms with Crippen molar-refractivity contribution < 1.29 is 4.79 Å². The van der Waals surface area contributed by atoms with Crippen LogP contribution in [0.4, 0.5) is 0 Å². The Hall–Kier alpha value is -1.75. The van der Waals surface area contributed by atoms with Gasteiger partial charge in [0, 0.05) is 12.6 Å². The molecular formula is C13H15N3OS. The molecule has 0 N–H and O–H groups in total. The second-order valence-corrected chi connectivity index (χ2v) is 5.15. The van der Waals surface area contributed by atoms with Crippen LogP contribution >= 0.6 is 11.5 Å². The predicted octanol–water partition coefficient (Wildman–Crippen LogP) is 2.43. The number of aromatic nitrogens is 2. The minimum Gasteiger partial charge on any atom is -0.336 e. The maximum atomic E-state index is 12.2.